The molecule has 1 atom stereocenters. The fraction of sp³-hybridized carbons (Fsp3) is 0.400. The van der Waals surface area contributed by atoms with Gasteiger partial charge >= 0.3 is 18.2 Å². The van der Waals surface area contributed by atoms with Gasteiger partial charge in [-0.25, -0.2) is 14.4 Å². The third kappa shape index (κ3) is 8.26. The van der Waals surface area contributed by atoms with Crippen LogP contribution in [0.15, 0.2) is 42.5 Å². The molecule has 0 aliphatic heterocycles. The van der Waals surface area contributed by atoms with E-state index < -0.39 is 29.8 Å². The minimum atomic E-state index is -0.987. The maximum atomic E-state index is 12.4. The van der Waals surface area contributed by atoms with Crippen LogP contribution in [0.1, 0.15) is 43.0 Å². The average molecular weight is 491 g/mol. The summed E-state index contributed by atoms with van der Waals surface area (Å²) in [4.78, 5) is 36.8. The minimum Gasteiger partial charge on any atom is -0.467 e. The normalized spacial score (nSPS) is 11.8. The van der Waals surface area contributed by atoms with E-state index in [1.807, 2.05) is 37.3 Å². The number of halogens is 1. The second kappa shape index (κ2) is 12.3. The summed E-state index contributed by atoms with van der Waals surface area (Å²) in [5.41, 5.74) is 2.90. The molecule has 0 heterocycles. The van der Waals surface area contributed by atoms with Gasteiger partial charge in [-0.05, 0) is 56.0 Å². The van der Waals surface area contributed by atoms with Crippen LogP contribution in [0.4, 0.5) is 15.3 Å². The zero-order chi connectivity index (χ0) is 25.3. The molecule has 0 radical (unpaired) electrons. The summed E-state index contributed by atoms with van der Waals surface area (Å²) in [5, 5.41) is 5.28. The van der Waals surface area contributed by atoms with Crippen LogP contribution in [0.25, 0.3) is 0 Å². The number of hydrogen-bond acceptors (Lipinski definition) is 6. The Kier molecular flexibility index (Phi) is 9.74. The molecule has 34 heavy (non-hydrogen) atoms. The van der Waals surface area contributed by atoms with Gasteiger partial charge in [0.25, 0.3) is 0 Å². The fourth-order valence-electron chi connectivity index (χ4n) is 3.20. The van der Waals surface area contributed by atoms with Crippen molar-refractivity contribution < 1.29 is 28.6 Å². The van der Waals surface area contributed by atoms with Crippen molar-refractivity contribution in [1.29, 1.82) is 0 Å². The van der Waals surface area contributed by atoms with Crippen molar-refractivity contribution in [2.24, 2.45) is 0 Å². The number of hydrogen-bond donors (Lipinski definition) is 2. The van der Waals surface area contributed by atoms with Gasteiger partial charge in [0.15, 0.2) is 0 Å². The van der Waals surface area contributed by atoms with Crippen molar-refractivity contribution in [1.82, 2.24) is 5.32 Å². The van der Waals surface area contributed by atoms with Gasteiger partial charge in [-0.1, -0.05) is 36.4 Å². The third-order valence-corrected chi connectivity index (χ3v) is 5.15. The molecule has 0 aliphatic carbocycles. The maximum absolute atomic E-state index is 12.4. The van der Waals surface area contributed by atoms with E-state index in [-0.39, 0.29) is 18.9 Å². The number of alkyl carbamates (subject to hydrolysis) is 1. The highest BCUT2D eigenvalue weighted by Gasteiger charge is 2.25. The van der Waals surface area contributed by atoms with E-state index in [2.05, 4.69) is 10.6 Å². The van der Waals surface area contributed by atoms with Crippen LogP contribution in [0.2, 0.25) is 0 Å². The number of methoxy groups -OCH3 is 1. The van der Waals surface area contributed by atoms with Crippen molar-refractivity contribution in [3.8, 4) is 0 Å². The van der Waals surface area contributed by atoms with E-state index in [9.17, 15) is 14.4 Å². The number of carbonyl (C=O) groups is 3. The number of benzene rings is 2. The second-order valence-electron chi connectivity index (χ2n) is 8.62. The molecule has 0 unspecified atom stereocenters. The first-order valence-electron chi connectivity index (χ1n) is 10.8. The summed E-state index contributed by atoms with van der Waals surface area (Å²) in [6, 6.07) is 11.6. The lowest BCUT2D eigenvalue weighted by molar-refractivity contribution is -0.143. The molecule has 0 aromatic heterocycles. The molecule has 2 N–H and O–H groups in total. The number of esters is 1. The molecule has 0 saturated carbocycles. The summed E-state index contributed by atoms with van der Waals surface area (Å²) in [6.45, 7) is 7.20. The molecule has 0 aliphatic rings. The van der Waals surface area contributed by atoms with Crippen LogP contribution < -0.4 is 10.6 Å². The van der Waals surface area contributed by atoms with Crippen LogP contribution in [-0.4, -0.2) is 36.9 Å². The third-order valence-electron chi connectivity index (χ3n) is 4.88. The predicted molar refractivity (Wildman–Crippen MR) is 130 cm³/mol. The predicted octanol–water partition coefficient (Wildman–Crippen LogP) is 5.09. The Hall–Kier alpha value is -3.26. The minimum absolute atomic E-state index is 0.0671. The molecular formula is C25H31ClN2O6. The van der Waals surface area contributed by atoms with Crippen molar-refractivity contribution in [3.05, 3.63) is 64.7 Å². The van der Waals surface area contributed by atoms with Crippen LogP contribution >= 0.6 is 11.6 Å². The molecule has 2 amide bonds. The van der Waals surface area contributed by atoms with E-state index in [0.717, 1.165) is 22.3 Å². The fourth-order valence-corrected chi connectivity index (χ4v) is 3.57. The summed E-state index contributed by atoms with van der Waals surface area (Å²) in [5.74, 6) is -0.483. The number of rotatable bonds is 8. The first kappa shape index (κ1) is 27.0. The number of carbonyl (C=O) groups excluding carboxylic acids is 3. The molecule has 8 nitrogen and oxygen atoms in total. The molecule has 0 spiro atoms. The van der Waals surface area contributed by atoms with Gasteiger partial charge in [0.2, 0.25) is 0 Å². The lowest BCUT2D eigenvalue weighted by Gasteiger charge is -2.22. The molecule has 0 bridgehead atoms. The Morgan fingerprint density at radius 3 is 2.29 bits per heavy atom. The monoisotopic (exact) mass is 490 g/mol. The molecule has 184 valence electrons. The Morgan fingerprint density at radius 1 is 1.03 bits per heavy atom. The number of nitrogens with one attached hydrogen (secondary N) is 2. The molecule has 2 aromatic rings. The molecule has 0 saturated heterocycles. The highest BCUT2D eigenvalue weighted by atomic mass is 35.5. The van der Waals surface area contributed by atoms with E-state index in [0.29, 0.717) is 5.69 Å². The Balaban J connectivity index is 2.14. The summed E-state index contributed by atoms with van der Waals surface area (Å²) in [7, 11) is 1.24. The summed E-state index contributed by atoms with van der Waals surface area (Å²) < 4.78 is 15.4. The molecule has 0 fully saturated rings. The average Bonchev–Trinajstić information content (AvgIpc) is 2.78. The van der Waals surface area contributed by atoms with E-state index in [4.69, 9.17) is 25.8 Å². The first-order valence-corrected chi connectivity index (χ1v) is 11.3. The van der Waals surface area contributed by atoms with Crippen LogP contribution in [0.5, 0.6) is 0 Å². The maximum Gasteiger partial charge on any atom is 0.412 e. The van der Waals surface area contributed by atoms with Crippen LogP contribution in [-0.2, 0) is 37.9 Å². The standard InChI is InChI=1S/C25H31ClN2O6/c1-16-19(14-26)18(11-12-20(16)27-24(31)34-25(2,3)4)13-21(22(29)32-5)28-23(30)33-15-17-9-7-6-8-10-17/h6-12,21H,13-15H2,1-5H3,(H,27,31)(H,28,30)/t21-/m1/s1. The van der Waals surface area contributed by atoms with E-state index in [1.54, 1.807) is 32.9 Å². The lowest BCUT2D eigenvalue weighted by Crippen LogP contribution is -2.43. The summed E-state index contributed by atoms with van der Waals surface area (Å²) >= 11 is 6.20. The number of alkyl halides is 1. The van der Waals surface area contributed by atoms with Crippen molar-refractivity contribution in [2.75, 3.05) is 12.4 Å². The highest BCUT2D eigenvalue weighted by molar-refractivity contribution is 6.17. The van der Waals surface area contributed by atoms with Gasteiger partial charge in [-0.3, -0.25) is 5.32 Å². The Bertz CT molecular complexity index is 1000. The van der Waals surface area contributed by atoms with Crippen LogP contribution in [0.3, 0.4) is 0 Å². The molecular weight excluding hydrogens is 460 g/mol. The van der Waals surface area contributed by atoms with Gasteiger partial charge in [-0.2, -0.15) is 0 Å². The largest absolute Gasteiger partial charge is 0.467 e. The first-order chi connectivity index (χ1) is 16.0. The highest BCUT2D eigenvalue weighted by Crippen LogP contribution is 2.26. The molecule has 2 rings (SSSR count). The zero-order valence-electron chi connectivity index (χ0n) is 20.1. The van der Waals surface area contributed by atoms with Gasteiger partial charge < -0.3 is 19.5 Å². The van der Waals surface area contributed by atoms with Crippen molar-refractivity contribution in [2.45, 2.75) is 58.2 Å². The number of anilines is 1. The van der Waals surface area contributed by atoms with E-state index >= 15 is 0 Å². The molecule has 2 aromatic carbocycles. The van der Waals surface area contributed by atoms with Gasteiger partial charge in [0.1, 0.15) is 18.2 Å². The smallest absolute Gasteiger partial charge is 0.412 e. The topological polar surface area (TPSA) is 103 Å². The molecule has 9 heteroatoms. The summed E-state index contributed by atoms with van der Waals surface area (Å²) in [6.07, 6.45) is -1.20. The van der Waals surface area contributed by atoms with Gasteiger partial charge in [-0.15, -0.1) is 11.6 Å². The SMILES string of the molecule is COC(=O)[C@@H](Cc1ccc(NC(=O)OC(C)(C)C)c(C)c1CCl)NC(=O)OCc1ccccc1. The van der Waals surface area contributed by atoms with Gasteiger partial charge in [0, 0.05) is 18.0 Å². The Morgan fingerprint density at radius 2 is 1.71 bits per heavy atom. The quantitative estimate of drug-likeness (QED) is 0.303. The van der Waals surface area contributed by atoms with Crippen LogP contribution in [0, 0.1) is 6.92 Å². The number of ether oxygens (including phenoxy) is 3. The lowest BCUT2D eigenvalue weighted by atomic mass is 9.96. The number of amides is 2. The van der Waals surface area contributed by atoms with Crippen molar-refractivity contribution in [3.63, 3.8) is 0 Å². The van der Waals surface area contributed by atoms with E-state index in [1.165, 1.54) is 7.11 Å². The van der Waals surface area contributed by atoms with Gasteiger partial charge in [0.05, 0.1) is 7.11 Å². The zero-order valence-corrected chi connectivity index (χ0v) is 20.8. The Labute approximate surface area is 204 Å². The van der Waals surface area contributed by atoms with Crippen molar-refractivity contribution >= 4 is 35.4 Å². The second-order valence-corrected chi connectivity index (χ2v) is 8.89.